The molecule has 0 radical (unpaired) electrons. The molecule has 8 nitrogen and oxygen atoms in total. The quantitative estimate of drug-likeness (QED) is 0.593. The van der Waals surface area contributed by atoms with Crippen LogP contribution in [0.3, 0.4) is 0 Å². The maximum Gasteiger partial charge on any atom is 0.500 e. The van der Waals surface area contributed by atoms with Crippen LogP contribution in [0.4, 0.5) is 11.4 Å². The molecule has 0 aromatic heterocycles. The Kier molecular flexibility index (Phi) is 5.01. The third-order valence-corrected chi connectivity index (χ3v) is 3.21. The first-order valence-electron chi connectivity index (χ1n) is 6.02. The minimum Gasteiger partial charge on any atom is -0.353 e. The summed E-state index contributed by atoms with van der Waals surface area (Å²) in [5.74, 6) is -0.0333. The maximum absolute atomic E-state index is 11.8. The van der Waals surface area contributed by atoms with Crippen LogP contribution in [0.2, 0.25) is 0 Å². The van der Waals surface area contributed by atoms with Gasteiger partial charge in [0.05, 0.1) is 11.4 Å². The highest BCUT2D eigenvalue weighted by Crippen LogP contribution is 2.22. The number of rotatable bonds is 6. The molecule has 0 aliphatic heterocycles. The van der Waals surface area contributed by atoms with Crippen LogP contribution in [0.1, 0.15) is 0 Å². The van der Waals surface area contributed by atoms with E-state index < -0.39 is 10.4 Å². The van der Waals surface area contributed by atoms with E-state index in [4.69, 9.17) is 8.37 Å². The van der Waals surface area contributed by atoms with Crippen molar-refractivity contribution < 1.29 is 26.4 Å². The Balaban J connectivity index is 2.09. The van der Waals surface area contributed by atoms with Crippen LogP contribution in [-0.2, 0) is 20.0 Å². The smallest absolute Gasteiger partial charge is 0.353 e. The van der Waals surface area contributed by atoms with E-state index in [1.807, 2.05) is 0 Å². The topological polar surface area (TPSA) is 111 Å². The minimum atomic E-state index is -4.35. The van der Waals surface area contributed by atoms with Crippen LogP contribution in [0, 0.1) is 0 Å². The molecule has 0 bridgehead atoms. The van der Waals surface area contributed by atoms with Gasteiger partial charge in [-0.1, -0.05) is 0 Å². The molecule has 0 amide bonds. The molecule has 23 heavy (non-hydrogen) atoms. The summed E-state index contributed by atoms with van der Waals surface area (Å²) in [6, 6.07) is 10.7. The van der Waals surface area contributed by atoms with E-state index in [0.717, 1.165) is 0 Å². The molecular formula is C14H8N2O6S. The molecule has 0 atom stereocenters. The van der Waals surface area contributed by atoms with Crippen LogP contribution in [0.15, 0.2) is 58.5 Å². The standard InChI is InChI=1S/C14H8N2O6S/c17-9-15-11-1-5-13(6-2-11)21-23(19,20)22-14-7-3-12(4-8-14)16-10-18/h1-8H. The minimum absolute atomic E-state index is 0.0166. The summed E-state index contributed by atoms with van der Waals surface area (Å²) >= 11 is 0. The molecule has 2 rings (SSSR count). The van der Waals surface area contributed by atoms with Crippen molar-refractivity contribution in [2.45, 2.75) is 0 Å². The zero-order valence-corrected chi connectivity index (χ0v) is 12.2. The molecule has 0 unspecified atom stereocenters. The van der Waals surface area contributed by atoms with Crippen molar-refractivity contribution in [2.75, 3.05) is 0 Å². The molecule has 0 spiro atoms. The van der Waals surface area contributed by atoms with Gasteiger partial charge in [0.25, 0.3) is 0 Å². The van der Waals surface area contributed by atoms with Gasteiger partial charge in [-0.2, -0.15) is 9.98 Å². The third kappa shape index (κ3) is 4.90. The van der Waals surface area contributed by atoms with E-state index >= 15 is 0 Å². The van der Waals surface area contributed by atoms with E-state index in [1.165, 1.54) is 60.7 Å². The molecule has 0 aliphatic rings. The van der Waals surface area contributed by atoms with Gasteiger partial charge in [-0.05, 0) is 48.5 Å². The monoisotopic (exact) mass is 332 g/mol. The Labute approximate surface area is 131 Å². The molecule has 0 saturated heterocycles. The summed E-state index contributed by atoms with van der Waals surface area (Å²) in [6.45, 7) is 0. The van der Waals surface area contributed by atoms with Gasteiger partial charge in [0, 0.05) is 0 Å². The number of benzene rings is 2. The number of hydrogen-bond acceptors (Lipinski definition) is 8. The number of isocyanates is 2. The molecule has 0 saturated carbocycles. The zero-order chi connectivity index (χ0) is 16.7. The normalized spacial score (nSPS) is 10.1. The van der Waals surface area contributed by atoms with Gasteiger partial charge in [0.1, 0.15) is 11.5 Å². The molecule has 0 fully saturated rings. The lowest BCUT2D eigenvalue weighted by molar-refractivity contribution is 0.392. The fourth-order valence-electron chi connectivity index (χ4n) is 1.51. The molecule has 9 heteroatoms. The van der Waals surface area contributed by atoms with E-state index in [9.17, 15) is 18.0 Å². The lowest BCUT2D eigenvalue weighted by atomic mass is 10.3. The Bertz CT molecular complexity index is 808. The third-order valence-electron chi connectivity index (χ3n) is 2.42. The first-order valence-corrected chi connectivity index (χ1v) is 7.35. The number of hydrogen-bond donors (Lipinski definition) is 0. The van der Waals surface area contributed by atoms with Gasteiger partial charge in [0.15, 0.2) is 0 Å². The van der Waals surface area contributed by atoms with Crippen molar-refractivity contribution in [3.63, 3.8) is 0 Å². The van der Waals surface area contributed by atoms with E-state index in [2.05, 4.69) is 9.98 Å². The number of aliphatic imine (C=N–C) groups is 2. The summed E-state index contributed by atoms with van der Waals surface area (Å²) in [5, 5.41) is 0. The van der Waals surface area contributed by atoms with Crippen molar-refractivity contribution in [1.82, 2.24) is 0 Å². The van der Waals surface area contributed by atoms with Gasteiger partial charge in [-0.15, -0.1) is 8.42 Å². The van der Waals surface area contributed by atoms with E-state index in [0.29, 0.717) is 11.4 Å². The van der Waals surface area contributed by atoms with Crippen molar-refractivity contribution in [3.05, 3.63) is 48.5 Å². The SMILES string of the molecule is O=C=Nc1ccc(OS(=O)(=O)Oc2ccc(N=C=O)cc2)cc1. The van der Waals surface area contributed by atoms with E-state index in [-0.39, 0.29) is 11.5 Å². The molecule has 116 valence electrons. The number of carbonyl (C=O) groups excluding carboxylic acids is 2. The Morgan fingerprint density at radius 3 is 1.35 bits per heavy atom. The maximum atomic E-state index is 11.8. The van der Waals surface area contributed by atoms with Gasteiger partial charge in [0.2, 0.25) is 12.2 Å². The average molecular weight is 332 g/mol. The molecule has 0 heterocycles. The van der Waals surface area contributed by atoms with Crippen LogP contribution in [0.5, 0.6) is 11.5 Å². The fourth-order valence-corrected chi connectivity index (χ4v) is 2.24. The number of nitrogens with zero attached hydrogens (tertiary/aromatic N) is 2. The lowest BCUT2D eigenvalue weighted by Gasteiger charge is -2.07. The molecule has 2 aromatic rings. The highest BCUT2D eigenvalue weighted by molar-refractivity contribution is 7.82. The van der Waals surface area contributed by atoms with Crippen molar-refractivity contribution >= 4 is 33.9 Å². The fraction of sp³-hybridized carbons (Fsp3) is 0. The summed E-state index contributed by atoms with van der Waals surface area (Å²) < 4.78 is 33.0. The summed E-state index contributed by atoms with van der Waals surface area (Å²) in [5.41, 5.74) is 0.606. The second kappa shape index (κ2) is 7.15. The second-order valence-electron chi connectivity index (χ2n) is 3.97. The zero-order valence-electron chi connectivity index (χ0n) is 11.4. The highest BCUT2D eigenvalue weighted by atomic mass is 32.3. The summed E-state index contributed by atoms with van der Waals surface area (Å²) in [7, 11) is -4.35. The average Bonchev–Trinajstić information content (AvgIpc) is 2.51. The van der Waals surface area contributed by atoms with Crippen LogP contribution >= 0.6 is 0 Å². The lowest BCUT2D eigenvalue weighted by Crippen LogP contribution is -2.16. The van der Waals surface area contributed by atoms with Gasteiger partial charge >= 0.3 is 10.4 Å². The van der Waals surface area contributed by atoms with Gasteiger partial charge in [-0.25, -0.2) is 9.59 Å². The van der Waals surface area contributed by atoms with Gasteiger partial charge < -0.3 is 8.37 Å². The molecular weight excluding hydrogens is 324 g/mol. The molecule has 0 N–H and O–H groups in total. The predicted molar refractivity (Wildman–Crippen MR) is 78.6 cm³/mol. The van der Waals surface area contributed by atoms with Crippen LogP contribution < -0.4 is 8.37 Å². The first-order chi connectivity index (χ1) is 11.0. The van der Waals surface area contributed by atoms with Crippen molar-refractivity contribution in [3.8, 4) is 11.5 Å². The predicted octanol–water partition coefficient (Wildman–Crippen LogP) is 2.32. The van der Waals surface area contributed by atoms with Crippen LogP contribution in [-0.4, -0.2) is 20.6 Å². The highest BCUT2D eigenvalue weighted by Gasteiger charge is 2.15. The van der Waals surface area contributed by atoms with Crippen LogP contribution in [0.25, 0.3) is 0 Å². The largest absolute Gasteiger partial charge is 0.500 e. The second-order valence-corrected chi connectivity index (χ2v) is 5.12. The Morgan fingerprint density at radius 1 is 0.696 bits per heavy atom. The summed E-state index contributed by atoms with van der Waals surface area (Å²) in [4.78, 5) is 26.9. The molecule has 2 aromatic carbocycles. The Morgan fingerprint density at radius 2 is 1.04 bits per heavy atom. The van der Waals surface area contributed by atoms with Crippen molar-refractivity contribution in [2.24, 2.45) is 9.98 Å². The van der Waals surface area contributed by atoms with Crippen molar-refractivity contribution in [1.29, 1.82) is 0 Å². The summed E-state index contributed by atoms with van der Waals surface area (Å²) in [6.07, 6.45) is 2.71. The van der Waals surface area contributed by atoms with Gasteiger partial charge in [-0.3, -0.25) is 0 Å². The Hall–Kier alpha value is -3.25. The van der Waals surface area contributed by atoms with E-state index in [1.54, 1.807) is 0 Å². The molecule has 0 aliphatic carbocycles. The first kappa shape index (κ1) is 16.1.